The molecule has 0 bridgehead atoms. The number of aryl methyl sites for hydroxylation is 1. The van der Waals surface area contributed by atoms with E-state index in [0.29, 0.717) is 6.04 Å². The first-order chi connectivity index (χ1) is 7.90. The van der Waals surface area contributed by atoms with Gasteiger partial charge in [-0.25, -0.2) is 0 Å². The van der Waals surface area contributed by atoms with Gasteiger partial charge in [-0.05, 0) is 44.4 Å². The van der Waals surface area contributed by atoms with E-state index in [9.17, 15) is 0 Å². The van der Waals surface area contributed by atoms with Crippen LogP contribution in [0.5, 0.6) is 0 Å². The van der Waals surface area contributed by atoms with Crippen molar-refractivity contribution >= 4 is 0 Å². The molecule has 1 aliphatic carbocycles. The molecule has 0 aromatic carbocycles. The van der Waals surface area contributed by atoms with Crippen LogP contribution in [0, 0.1) is 5.92 Å². The Kier molecular flexibility index (Phi) is 4.46. The molecule has 2 rings (SSSR count). The van der Waals surface area contributed by atoms with Gasteiger partial charge in [-0.3, -0.25) is 0 Å². The summed E-state index contributed by atoms with van der Waals surface area (Å²) in [6.07, 6.45) is 11.1. The minimum Gasteiger partial charge on any atom is -0.469 e. The van der Waals surface area contributed by atoms with Crippen LogP contribution in [0.4, 0.5) is 0 Å². The first kappa shape index (κ1) is 11.7. The fourth-order valence-corrected chi connectivity index (χ4v) is 2.90. The van der Waals surface area contributed by atoms with Gasteiger partial charge in [-0.1, -0.05) is 19.3 Å². The van der Waals surface area contributed by atoms with Crippen molar-refractivity contribution in [2.45, 2.75) is 51.0 Å². The summed E-state index contributed by atoms with van der Waals surface area (Å²) in [5.41, 5.74) is 0. The SMILES string of the molecule is CNC(CCc1ccco1)C1CCCCC1. The lowest BCUT2D eigenvalue weighted by molar-refractivity contribution is 0.265. The molecule has 1 N–H and O–H groups in total. The van der Waals surface area contributed by atoms with Crippen molar-refractivity contribution in [1.29, 1.82) is 0 Å². The summed E-state index contributed by atoms with van der Waals surface area (Å²) >= 11 is 0. The van der Waals surface area contributed by atoms with E-state index in [-0.39, 0.29) is 0 Å². The highest BCUT2D eigenvalue weighted by atomic mass is 16.3. The van der Waals surface area contributed by atoms with Gasteiger partial charge in [0, 0.05) is 12.5 Å². The second kappa shape index (κ2) is 6.09. The van der Waals surface area contributed by atoms with E-state index in [1.165, 1.54) is 38.5 Å². The number of furan rings is 1. The minimum atomic E-state index is 0.672. The van der Waals surface area contributed by atoms with Gasteiger partial charge < -0.3 is 9.73 Å². The summed E-state index contributed by atoms with van der Waals surface area (Å²) in [7, 11) is 2.10. The molecule has 1 atom stereocenters. The zero-order valence-electron chi connectivity index (χ0n) is 10.2. The molecule has 90 valence electrons. The fraction of sp³-hybridized carbons (Fsp3) is 0.714. The van der Waals surface area contributed by atoms with E-state index in [1.807, 2.05) is 6.07 Å². The van der Waals surface area contributed by atoms with E-state index in [4.69, 9.17) is 4.42 Å². The molecule has 0 radical (unpaired) electrons. The Morgan fingerprint density at radius 2 is 2.19 bits per heavy atom. The molecule has 0 aliphatic heterocycles. The maximum absolute atomic E-state index is 5.39. The van der Waals surface area contributed by atoms with Crippen molar-refractivity contribution in [2.24, 2.45) is 5.92 Å². The van der Waals surface area contributed by atoms with Crippen LogP contribution in [0.25, 0.3) is 0 Å². The van der Waals surface area contributed by atoms with Gasteiger partial charge in [-0.15, -0.1) is 0 Å². The molecule has 0 amide bonds. The summed E-state index contributed by atoms with van der Waals surface area (Å²) in [6, 6.07) is 4.73. The smallest absolute Gasteiger partial charge is 0.103 e. The van der Waals surface area contributed by atoms with Crippen LogP contribution in [-0.4, -0.2) is 13.1 Å². The molecule has 0 spiro atoms. The lowest BCUT2D eigenvalue weighted by Crippen LogP contribution is -2.35. The van der Waals surface area contributed by atoms with Crippen LogP contribution >= 0.6 is 0 Å². The van der Waals surface area contributed by atoms with Crippen LogP contribution < -0.4 is 5.32 Å². The van der Waals surface area contributed by atoms with Gasteiger partial charge in [0.1, 0.15) is 5.76 Å². The van der Waals surface area contributed by atoms with Crippen LogP contribution in [0.3, 0.4) is 0 Å². The summed E-state index contributed by atoms with van der Waals surface area (Å²) in [5, 5.41) is 3.49. The highest BCUT2D eigenvalue weighted by Gasteiger charge is 2.22. The maximum Gasteiger partial charge on any atom is 0.103 e. The van der Waals surface area contributed by atoms with Gasteiger partial charge in [0.15, 0.2) is 0 Å². The highest BCUT2D eigenvalue weighted by Crippen LogP contribution is 2.28. The molecule has 1 aromatic heterocycles. The molecule has 2 heteroatoms. The van der Waals surface area contributed by atoms with Gasteiger partial charge in [-0.2, -0.15) is 0 Å². The van der Waals surface area contributed by atoms with Crippen molar-refractivity contribution in [3.8, 4) is 0 Å². The molecular formula is C14H23NO. The molecule has 1 fully saturated rings. The van der Waals surface area contributed by atoms with Gasteiger partial charge in [0.05, 0.1) is 6.26 Å². The molecule has 1 aliphatic rings. The zero-order valence-corrected chi connectivity index (χ0v) is 10.2. The fourth-order valence-electron chi connectivity index (χ4n) is 2.90. The number of rotatable bonds is 5. The average Bonchev–Trinajstić information content (AvgIpc) is 2.84. The van der Waals surface area contributed by atoms with Crippen molar-refractivity contribution in [3.05, 3.63) is 24.2 Å². The lowest BCUT2D eigenvalue weighted by Gasteiger charge is -2.29. The third-order valence-electron chi connectivity index (χ3n) is 3.87. The van der Waals surface area contributed by atoms with E-state index in [2.05, 4.69) is 18.4 Å². The summed E-state index contributed by atoms with van der Waals surface area (Å²) < 4.78 is 5.39. The summed E-state index contributed by atoms with van der Waals surface area (Å²) in [5.74, 6) is 2.00. The molecule has 1 unspecified atom stereocenters. The second-order valence-corrected chi connectivity index (χ2v) is 4.91. The molecule has 1 saturated carbocycles. The number of nitrogens with one attached hydrogen (secondary N) is 1. The van der Waals surface area contributed by atoms with E-state index in [0.717, 1.165) is 18.1 Å². The van der Waals surface area contributed by atoms with Crippen LogP contribution in [0.15, 0.2) is 22.8 Å². The zero-order chi connectivity index (χ0) is 11.2. The second-order valence-electron chi connectivity index (χ2n) is 4.91. The normalized spacial score (nSPS) is 19.8. The van der Waals surface area contributed by atoms with Crippen LogP contribution in [0.1, 0.15) is 44.3 Å². The van der Waals surface area contributed by atoms with Gasteiger partial charge in [0.2, 0.25) is 0 Å². The van der Waals surface area contributed by atoms with E-state index < -0.39 is 0 Å². The number of hydrogen-bond donors (Lipinski definition) is 1. The maximum atomic E-state index is 5.39. The molecule has 16 heavy (non-hydrogen) atoms. The topological polar surface area (TPSA) is 25.2 Å². The quantitative estimate of drug-likeness (QED) is 0.824. The number of hydrogen-bond acceptors (Lipinski definition) is 2. The third-order valence-corrected chi connectivity index (χ3v) is 3.87. The first-order valence-electron chi connectivity index (χ1n) is 6.60. The molecule has 1 aromatic rings. The molecule has 2 nitrogen and oxygen atoms in total. The van der Waals surface area contributed by atoms with Crippen LogP contribution in [-0.2, 0) is 6.42 Å². The Balaban J connectivity index is 1.80. The largest absolute Gasteiger partial charge is 0.469 e. The Labute approximate surface area is 98.4 Å². The molecule has 0 saturated heterocycles. The Hall–Kier alpha value is -0.760. The predicted molar refractivity (Wildman–Crippen MR) is 66.5 cm³/mol. The molecule has 1 heterocycles. The van der Waals surface area contributed by atoms with Crippen LogP contribution in [0.2, 0.25) is 0 Å². The standard InChI is InChI=1S/C14H23NO/c1-15-14(12-6-3-2-4-7-12)10-9-13-8-5-11-16-13/h5,8,11-12,14-15H,2-4,6-7,9-10H2,1H3. The van der Waals surface area contributed by atoms with E-state index >= 15 is 0 Å². The predicted octanol–water partition coefficient (Wildman–Crippen LogP) is 3.38. The van der Waals surface area contributed by atoms with Gasteiger partial charge in [0.25, 0.3) is 0 Å². The van der Waals surface area contributed by atoms with Crippen molar-refractivity contribution in [2.75, 3.05) is 7.05 Å². The van der Waals surface area contributed by atoms with Crippen molar-refractivity contribution in [3.63, 3.8) is 0 Å². The Morgan fingerprint density at radius 1 is 1.38 bits per heavy atom. The van der Waals surface area contributed by atoms with E-state index in [1.54, 1.807) is 6.26 Å². The van der Waals surface area contributed by atoms with Crippen molar-refractivity contribution < 1.29 is 4.42 Å². The van der Waals surface area contributed by atoms with Gasteiger partial charge >= 0.3 is 0 Å². The lowest BCUT2D eigenvalue weighted by atomic mass is 9.82. The minimum absolute atomic E-state index is 0.672. The molecular weight excluding hydrogens is 198 g/mol. The summed E-state index contributed by atoms with van der Waals surface area (Å²) in [6.45, 7) is 0. The summed E-state index contributed by atoms with van der Waals surface area (Å²) in [4.78, 5) is 0. The highest BCUT2D eigenvalue weighted by molar-refractivity contribution is 4.99. The monoisotopic (exact) mass is 221 g/mol. The first-order valence-corrected chi connectivity index (χ1v) is 6.60. The van der Waals surface area contributed by atoms with Crippen molar-refractivity contribution in [1.82, 2.24) is 5.32 Å². The Bertz CT molecular complexity index is 275. The average molecular weight is 221 g/mol. The Morgan fingerprint density at radius 3 is 2.81 bits per heavy atom. The third kappa shape index (κ3) is 3.11.